The van der Waals surface area contributed by atoms with E-state index in [0.29, 0.717) is 12.2 Å². The molecule has 1 amide bonds. The fourth-order valence-corrected chi connectivity index (χ4v) is 3.26. The van der Waals surface area contributed by atoms with Crippen molar-refractivity contribution in [3.63, 3.8) is 0 Å². The van der Waals surface area contributed by atoms with Crippen LogP contribution in [0, 0.1) is 0 Å². The van der Waals surface area contributed by atoms with Crippen LogP contribution < -0.4 is 0 Å². The van der Waals surface area contributed by atoms with E-state index in [9.17, 15) is 4.79 Å². The van der Waals surface area contributed by atoms with Crippen LogP contribution in [0.2, 0.25) is 0 Å². The fourth-order valence-electron chi connectivity index (χ4n) is 3.00. The number of halogens is 1. The lowest BCUT2D eigenvalue weighted by Gasteiger charge is -2.16. The molecule has 0 spiro atoms. The molecule has 1 aromatic heterocycles. The van der Waals surface area contributed by atoms with Gasteiger partial charge in [0.15, 0.2) is 5.69 Å². The number of benzene rings is 1. The summed E-state index contributed by atoms with van der Waals surface area (Å²) in [6.07, 6.45) is 4.04. The molecule has 0 radical (unpaired) electrons. The second kappa shape index (κ2) is 6.84. The lowest BCUT2D eigenvalue weighted by molar-refractivity contribution is 0.0759. The summed E-state index contributed by atoms with van der Waals surface area (Å²) >= 11 is 3.44. The number of carbonyl (C=O) groups is 1. The molecule has 0 saturated heterocycles. The number of aliphatic hydroxyl groups excluding tert-OH is 1. The molecule has 3 rings (SSSR count). The minimum atomic E-state index is -0.118. The highest BCUT2D eigenvalue weighted by Gasteiger charge is 2.27. The van der Waals surface area contributed by atoms with Crippen molar-refractivity contribution in [2.24, 2.45) is 0 Å². The Bertz CT molecular complexity index is 709. The molecule has 1 aromatic carbocycles. The van der Waals surface area contributed by atoms with Gasteiger partial charge in [0.2, 0.25) is 0 Å². The van der Waals surface area contributed by atoms with Crippen molar-refractivity contribution in [1.29, 1.82) is 0 Å². The maximum absolute atomic E-state index is 12.6. The molecule has 0 unspecified atom stereocenters. The van der Waals surface area contributed by atoms with Crippen molar-refractivity contribution in [3.8, 4) is 5.69 Å². The first-order valence-corrected chi connectivity index (χ1v) is 8.64. The van der Waals surface area contributed by atoms with Gasteiger partial charge < -0.3 is 10.0 Å². The number of nitrogens with zero attached hydrogens (tertiary/aromatic N) is 3. The molecule has 0 bridgehead atoms. The van der Waals surface area contributed by atoms with E-state index < -0.39 is 0 Å². The van der Waals surface area contributed by atoms with Gasteiger partial charge in [-0.1, -0.05) is 15.9 Å². The molecule has 0 fully saturated rings. The largest absolute Gasteiger partial charge is 0.395 e. The zero-order valence-corrected chi connectivity index (χ0v) is 14.7. The molecule has 6 heteroatoms. The van der Waals surface area contributed by atoms with Gasteiger partial charge in [0, 0.05) is 29.3 Å². The van der Waals surface area contributed by atoms with Gasteiger partial charge in [0.25, 0.3) is 5.91 Å². The molecule has 0 atom stereocenters. The molecular weight excluding hydrogens is 358 g/mol. The molecule has 0 saturated carbocycles. The fraction of sp³-hybridized carbons (Fsp3) is 0.412. The van der Waals surface area contributed by atoms with Gasteiger partial charge in [0.05, 0.1) is 12.3 Å². The average molecular weight is 378 g/mol. The maximum Gasteiger partial charge on any atom is 0.274 e. The first kappa shape index (κ1) is 16.2. The third-order valence-corrected chi connectivity index (χ3v) is 4.76. The highest BCUT2D eigenvalue weighted by molar-refractivity contribution is 9.10. The van der Waals surface area contributed by atoms with Crippen LogP contribution in [-0.4, -0.2) is 45.9 Å². The summed E-state index contributed by atoms with van der Waals surface area (Å²) in [6.45, 7) is 0.274. The van der Waals surface area contributed by atoms with Crippen molar-refractivity contribution >= 4 is 21.8 Å². The Hall–Kier alpha value is -1.66. The number of fused-ring (bicyclic) bond motifs is 1. The van der Waals surface area contributed by atoms with Crippen LogP contribution in [0.3, 0.4) is 0 Å². The van der Waals surface area contributed by atoms with Gasteiger partial charge in [0.1, 0.15) is 0 Å². The van der Waals surface area contributed by atoms with E-state index >= 15 is 0 Å². The zero-order chi connectivity index (χ0) is 16.4. The van der Waals surface area contributed by atoms with E-state index in [2.05, 4.69) is 21.0 Å². The number of aliphatic hydroxyl groups is 1. The number of hydrogen-bond acceptors (Lipinski definition) is 3. The zero-order valence-electron chi connectivity index (χ0n) is 13.1. The summed E-state index contributed by atoms with van der Waals surface area (Å²) in [5, 5.41) is 13.7. The predicted molar refractivity (Wildman–Crippen MR) is 92.0 cm³/mol. The molecular formula is C17H20BrN3O2. The van der Waals surface area contributed by atoms with Crippen LogP contribution in [0.5, 0.6) is 0 Å². The third kappa shape index (κ3) is 3.19. The second-order valence-electron chi connectivity index (χ2n) is 5.82. The first-order chi connectivity index (χ1) is 11.1. The van der Waals surface area contributed by atoms with Crippen molar-refractivity contribution in [1.82, 2.24) is 14.7 Å². The Morgan fingerprint density at radius 1 is 1.30 bits per heavy atom. The third-order valence-electron chi connectivity index (χ3n) is 4.24. The lowest BCUT2D eigenvalue weighted by Crippen LogP contribution is -2.30. The normalized spacial score (nSPS) is 13.7. The molecule has 1 N–H and O–H groups in total. The smallest absolute Gasteiger partial charge is 0.274 e. The predicted octanol–water partition coefficient (Wildman–Crippen LogP) is 2.58. The van der Waals surface area contributed by atoms with E-state index in [1.165, 1.54) is 4.90 Å². The number of hydrogen-bond donors (Lipinski definition) is 1. The number of amides is 1. The summed E-state index contributed by atoms with van der Waals surface area (Å²) in [4.78, 5) is 14.2. The SMILES string of the molecule is CN(CCO)C(=O)c1nn(-c2ccc(Br)cc2)c2c1CCCC2. The monoisotopic (exact) mass is 377 g/mol. The van der Waals surface area contributed by atoms with Crippen molar-refractivity contribution in [2.75, 3.05) is 20.2 Å². The van der Waals surface area contributed by atoms with Crippen molar-refractivity contribution in [3.05, 3.63) is 45.7 Å². The van der Waals surface area contributed by atoms with E-state index in [4.69, 9.17) is 5.11 Å². The Balaban J connectivity index is 2.04. The van der Waals surface area contributed by atoms with Gasteiger partial charge in [-0.15, -0.1) is 0 Å². The Morgan fingerprint density at radius 3 is 2.70 bits per heavy atom. The topological polar surface area (TPSA) is 58.4 Å². The minimum absolute atomic E-state index is 0.0438. The lowest BCUT2D eigenvalue weighted by atomic mass is 9.95. The van der Waals surface area contributed by atoms with E-state index in [1.807, 2.05) is 28.9 Å². The molecule has 1 aliphatic carbocycles. The minimum Gasteiger partial charge on any atom is -0.395 e. The van der Waals surface area contributed by atoms with Crippen LogP contribution in [0.15, 0.2) is 28.7 Å². The Kier molecular flexibility index (Phi) is 4.82. The molecule has 0 aliphatic heterocycles. The summed E-state index contributed by atoms with van der Waals surface area (Å²) < 4.78 is 2.92. The van der Waals surface area contributed by atoms with Gasteiger partial charge in [-0.3, -0.25) is 4.79 Å². The highest BCUT2D eigenvalue weighted by Crippen LogP contribution is 2.28. The molecule has 122 valence electrons. The van der Waals surface area contributed by atoms with Gasteiger partial charge >= 0.3 is 0 Å². The Labute approximate surface area is 144 Å². The Morgan fingerprint density at radius 2 is 2.00 bits per heavy atom. The molecule has 23 heavy (non-hydrogen) atoms. The summed E-state index contributed by atoms with van der Waals surface area (Å²) in [5.41, 5.74) is 3.70. The van der Waals surface area contributed by atoms with Crippen LogP contribution in [-0.2, 0) is 12.8 Å². The number of likely N-dealkylation sites (N-methyl/N-ethyl adjacent to an activating group) is 1. The van der Waals surface area contributed by atoms with E-state index in [-0.39, 0.29) is 12.5 Å². The first-order valence-electron chi connectivity index (χ1n) is 7.85. The molecule has 1 heterocycles. The highest BCUT2D eigenvalue weighted by atomic mass is 79.9. The van der Waals surface area contributed by atoms with Gasteiger partial charge in [-0.05, 0) is 49.9 Å². The maximum atomic E-state index is 12.6. The average Bonchev–Trinajstić information content (AvgIpc) is 2.95. The van der Waals surface area contributed by atoms with Crippen LogP contribution in [0.4, 0.5) is 0 Å². The van der Waals surface area contributed by atoms with E-state index in [1.54, 1.807) is 7.05 Å². The standard InChI is InChI=1S/C17H20BrN3O2/c1-20(10-11-22)17(23)16-14-4-2-3-5-15(14)21(19-16)13-8-6-12(18)7-9-13/h6-9,22H,2-5,10-11H2,1H3. The summed E-state index contributed by atoms with van der Waals surface area (Å²) in [6, 6.07) is 7.95. The van der Waals surface area contributed by atoms with Gasteiger partial charge in [-0.25, -0.2) is 4.68 Å². The van der Waals surface area contributed by atoms with E-state index in [0.717, 1.165) is 47.1 Å². The van der Waals surface area contributed by atoms with Crippen molar-refractivity contribution < 1.29 is 9.90 Å². The number of carbonyl (C=O) groups excluding carboxylic acids is 1. The van der Waals surface area contributed by atoms with Crippen LogP contribution in [0.1, 0.15) is 34.6 Å². The second-order valence-corrected chi connectivity index (χ2v) is 6.74. The summed E-state index contributed by atoms with van der Waals surface area (Å²) in [5.74, 6) is -0.118. The van der Waals surface area contributed by atoms with Crippen molar-refractivity contribution in [2.45, 2.75) is 25.7 Å². The number of rotatable bonds is 4. The molecule has 1 aliphatic rings. The quantitative estimate of drug-likeness (QED) is 0.890. The van der Waals surface area contributed by atoms with Crippen LogP contribution >= 0.6 is 15.9 Å². The number of aromatic nitrogens is 2. The molecule has 5 nitrogen and oxygen atoms in total. The van der Waals surface area contributed by atoms with Gasteiger partial charge in [-0.2, -0.15) is 5.10 Å². The summed E-state index contributed by atoms with van der Waals surface area (Å²) in [7, 11) is 1.70. The van der Waals surface area contributed by atoms with Crippen LogP contribution in [0.25, 0.3) is 5.69 Å². The molecule has 2 aromatic rings.